The Morgan fingerprint density at radius 1 is 1.32 bits per heavy atom. The van der Waals surface area contributed by atoms with E-state index in [9.17, 15) is 8.78 Å². The summed E-state index contributed by atoms with van der Waals surface area (Å²) in [5.41, 5.74) is 0.540. The number of hydrogen-bond donors (Lipinski definition) is 1. The SMILES string of the molecule is COc1cc([C@@H](C(F)F)N2CCNCC2)ccc1Cl. The summed E-state index contributed by atoms with van der Waals surface area (Å²) in [7, 11) is 1.48. The van der Waals surface area contributed by atoms with Crippen LogP contribution >= 0.6 is 11.6 Å². The van der Waals surface area contributed by atoms with Crippen molar-refractivity contribution in [3.05, 3.63) is 28.8 Å². The van der Waals surface area contributed by atoms with Gasteiger partial charge in [0.05, 0.1) is 18.2 Å². The van der Waals surface area contributed by atoms with Crippen LogP contribution in [0.15, 0.2) is 18.2 Å². The number of alkyl halides is 2. The third-order valence-electron chi connectivity index (χ3n) is 3.30. The van der Waals surface area contributed by atoms with Crippen LogP contribution in [0.4, 0.5) is 8.78 Å². The number of methoxy groups -OCH3 is 1. The second-order valence-electron chi connectivity index (χ2n) is 4.46. The lowest BCUT2D eigenvalue weighted by Crippen LogP contribution is -2.46. The minimum atomic E-state index is -2.44. The second kappa shape index (κ2) is 6.50. The van der Waals surface area contributed by atoms with Crippen molar-refractivity contribution in [2.45, 2.75) is 12.5 Å². The lowest BCUT2D eigenvalue weighted by Gasteiger charge is -2.34. The summed E-state index contributed by atoms with van der Waals surface area (Å²) >= 11 is 5.93. The Bertz CT molecular complexity index is 425. The molecule has 1 atom stereocenters. The topological polar surface area (TPSA) is 24.5 Å². The monoisotopic (exact) mass is 290 g/mol. The minimum Gasteiger partial charge on any atom is -0.495 e. The highest BCUT2D eigenvalue weighted by molar-refractivity contribution is 6.32. The average molecular weight is 291 g/mol. The predicted molar refractivity (Wildman–Crippen MR) is 71.2 cm³/mol. The molecular weight excluding hydrogens is 274 g/mol. The van der Waals surface area contributed by atoms with Gasteiger partial charge in [0.15, 0.2) is 0 Å². The molecule has 1 fully saturated rings. The lowest BCUT2D eigenvalue weighted by atomic mass is 10.0. The number of halogens is 3. The highest BCUT2D eigenvalue weighted by Crippen LogP contribution is 2.33. The first-order chi connectivity index (χ1) is 9.13. The van der Waals surface area contributed by atoms with Crippen LogP contribution in [-0.2, 0) is 0 Å². The van der Waals surface area contributed by atoms with E-state index in [1.165, 1.54) is 7.11 Å². The normalized spacial score (nSPS) is 18.6. The smallest absolute Gasteiger partial charge is 0.258 e. The summed E-state index contributed by atoms with van der Waals surface area (Å²) in [6.07, 6.45) is -2.44. The highest BCUT2D eigenvalue weighted by Gasteiger charge is 2.30. The van der Waals surface area contributed by atoms with Crippen molar-refractivity contribution in [3.8, 4) is 5.75 Å². The van der Waals surface area contributed by atoms with Gasteiger partial charge in [-0.25, -0.2) is 8.78 Å². The summed E-state index contributed by atoms with van der Waals surface area (Å²) < 4.78 is 31.8. The Kier molecular flexibility index (Phi) is 4.96. The Morgan fingerprint density at radius 3 is 2.58 bits per heavy atom. The molecule has 0 saturated carbocycles. The van der Waals surface area contributed by atoms with Gasteiger partial charge in [0.1, 0.15) is 5.75 Å². The van der Waals surface area contributed by atoms with E-state index in [-0.39, 0.29) is 0 Å². The van der Waals surface area contributed by atoms with E-state index in [1.807, 2.05) is 0 Å². The number of piperazine rings is 1. The van der Waals surface area contributed by atoms with Crippen molar-refractivity contribution in [1.29, 1.82) is 0 Å². The van der Waals surface area contributed by atoms with Crippen molar-refractivity contribution in [1.82, 2.24) is 10.2 Å². The van der Waals surface area contributed by atoms with E-state index < -0.39 is 12.5 Å². The molecule has 0 unspecified atom stereocenters. The molecule has 0 aromatic heterocycles. The number of nitrogens with zero attached hydrogens (tertiary/aromatic N) is 1. The molecule has 1 aliphatic rings. The molecule has 1 saturated heterocycles. The van der Waals surface area contributed by atoms with Gasteiger partial charge >= 0.3 is 0 Å². The fourth-order valence-corrected chi connectivity index (χ4v) is 2.53. The Balaban J connectivity index is 2.27. The number of ether oxygens (including phenoxy) is 1. The number of benzene rings is 1. The zero-order chi connectivity index (χ0) is 13.8. The molecule has 0 spiro atoms. The minimum absolute atomic E-state index is 0.430. The van der Waals surface area contributed by atoms with Crippen molar-refractivity contribution in [3.63, 3.8) is 0 Å². The van der Waals surface area contributed by atoms with Gasteiger partial charge in [-0.3, -0.25) is 4.90 Å². The zero-order valence-corrected chi connectivity index (χ0v) is 11.5. The van der Waals surface area contributed by atoms with E-state index in [0.717, 1.165) is 13.1 Å². The quantitative estimate of drug-likeness (QED) is 0.922. The number of nitrogens with one attached hydrogen (secondary N) is 1. The Labute approximate surface area is 116 Å². The fourth-order valence-electron chi connectivity index (χ4n) is 2.34. The van der Waals surface area contributed by atoms with Gasteiger partial charge in [0.2, 0.25) is 0 Å². The van der Waals surface area contributed by atoms with Gasteiger partial charge in [-0.1, -0.05) is 17.7 Å². The highest BCUT2D eigenvalue weighted by atomic mass is 35.5. The van der Waals surface area contributed by atoms with Crippen LogP contribution in [-0.4, -0.2) is 44.6 Å². The molecule has 106 valence electrons. The molecule has 1 aromatic rings. The van der Waals surface area contributed by atoms with Crippen LogP contribution in [0.2, 0.25) is 5.02 Å². The molecular formula is C13H17ClF2N2O. The molecule has 0 bridgehead atoms. The van der Waals surface area contributed by atoms with Crippen LogP contribution in [0.5, 0.6) is 5.75 Å². The van der Waals surface area contributed by atoms with Crippen molar-refractivity contribution in [2.75, 3.05) is 33.3 Å². The second-order valence-corrected chi connectivity index (χ2v) is 4.87. The van der Waals surface area contributed by atoms with Crippen molar-refractivity contribution >= 4 is 11.6 Å². The van der Waals surface area contributed by atoms with Crippen LogP contribution in [0.1, 0.15) is 11.6 Å². The van der Waals surface area contributed by atoms with Gasteiger partial charge in [0, 0.05) is 26.2 Å². The van der Waals surface area contributed by atoms with E-state index in [2.05, 4.69) is 5.32 Å². The Morgan fingerprint density at radius 2 is 2.00 bits per heavy atom. The molecule has 0 aliphatic carbocycles. The number of hydrogen-bond acceptors (Lipinski definition) is 3. The maximum atomic E-state index is 13.4. The van der Waals surface area contributed by atoms with Crippen LogP contribution in [0.3, 0.4) is 0 Å². The van der Waals surface area contributed by atoms with Gasteiger partial charge < -0.3 is 10.1 Å². The van der Waals surface area contributed by atoms with E-state index in [1.54, 1.807) is 23.1 Å². The van der Waals surface area contributed by atoms with E-state index in [4.69, 9.17) is 16.3 Å². The molecule has 2 rings (SSSR count). The largest absolute Gasteiger partial charge is 0.495 e. The molecule has 1 heterocycles. The molecule has 3 nitrogen and oxygen atoms in total. The summed E-state index contributed by atoms with van der Waals surface area (Å²) in [6.45, 7) is 2.68. The zero-order valence-electron chi connectivity index (χ0n) is 10.7. The standard InChI is InChI=1S/C13H17ClF2N2O/c1-19-11-8-9(2-3-10(11)14)12(13(15)16)18-6-4-17-5-7-18/h2-3,8,12-13,17H,4-7H2,1H3/t12-/m0/s1. The fraction of sp³-hybridized carbons (Fsp3) is 0.538. The molecule has 6 heteroatoms. The molecule has 1 N–H and O–H groups in total. The first kappa shape index (κ1) is 14.5. The van der Waals surface area contributed by atoms with Gasteiger partial charge in [-0.15, -0.1) is 0 Å². The molecule has 19 heavy (non-hydrogen) atoms. The molecule has 0 amide bonds. The third-order valence-corrected chi connectivity index (χ3v) is 3.61. The first-order valence-electron chi connectivity index (χ1n) is 6.20. The van der Waals surface area contributed by atoms with Crippen molar-refractivity contribution < 1.29 is 13.5 Å². The lowest BCUT2D eigenvalue weighted by molar-refractivity contribution is 0.0181. The van der Waals surface area contributed by atoms with Crippen LogP contribution in [0.25, 0.3) is 0 Å². The van der Waals surface area contributed by atoms with Gasteiger partial charge in [-0.05, 0) is 17.7 Å². The predicted octanol–water partition coefficient (Wildman–Crippen LogP) is 2.56. The van der Waals surface area contributed by atoms with Gasteiger partial charge in [-0.2, -0.15) is 0 Å². The summed E-state index contributed by atoms with van der Waals surface area (Å²) in [6, 6.07) is 3.94. The average Bonchev–Trinajstić information content (AvgIpc) is 2.41. The Hall–Kier alpha value is -0.910. The van der Waals surface area contributed by atoms with Crippen LogP contribution in [0, 0.1) is 0 Å². The van der Waals surface area contributed by atoms with E-state index in [0.29, 0.717) is 29.4 Å². The molecule has 1 aromatic carbocycles. The maximum Gasteiger partial charge on any atom is 0.258 e. The summed E-state index contributed by atoms with van der Waals surface area (Å²) in [5, 5.41) is 3.59. The first-order valence-corrected chi connectivity index (χ1v) is 6.57. The molecule has 0 radical (unpaired) electrons. The van der Waals surface area contributed by atoms with Crippen LogP contribution < -0.4 is 10.1 Å². The molecule has 1 aliphatic heterocycles. The van der Waals surface area contributed by atoms with E-state index >= 15 is 0 Å². The third kappa shape index (κ3) is 3.35. The van der Waals surface area contributed by atoms with Crippen molar-refractivity contribution in [2.24, 2.45) is 0 Å². The summed E-state index contributed by atoms with van der Waals surface area (Å²) in [4.78, 5) is 1.80. The maximum absolute atomic E-state index is 13.4. The number of rotatable bonds is 4. The van der Waals surface area contributed by atoms with Gasteiger partial charge in [0.25, 0.3) is 6.43 Å². The summed E-state index contributed by atoms with van der Waals surface area (Å²) in [5.74, 6) is 0.431.